The molecule has 0 aliphatic heterocycles. The van der Waals surface area contributed by atoms with E-state index in [4.69, 9.17) is 4.74 Å². The van der Waals surface area contributed by atoms with Gasteiger partial charge in [-0.1, -0.05) is 18.2 Å². The molecule has 2 rings (SSSR count). The number of esters is 1. The van der Waals surface area contributed by atoms with Crippen molar-refractivity contribution < 1.29 is 27.7 Å². The van der Waals surface area contributed by atoms with Crippen LogP contribution in [0.2, 0.25) is 0 Å². The van der Waals surface area contributed by atoms with Gasteiger partial charge in [0.2, 0.25) is 10.0 Å². The summed E-state index contributed by atoms with van der Waals surface area (Å²) in [6.45, 7) is 0.581. The summed E-state index contributed by atoms with van der Waals surface area (Å²) in [5, 5.41) is 16.2. The van der Waals surface area contributed by atoms with Crippen molar-refractivity contribution in [2.24, 2.45) is 0 Å². The summed E-state index contributed by atoms with van der Waals surface area (Å²) >= 11 is 0. The van der Waals surface area contributed by atoms with Crippen LogP contribution < -0.4 is 15.4 Å². The summed E-state index contributed by atoms with van der Waals surface area (Å²) in [6, 6.07) is 11.8. The molecule has 3 N–H and O–H groups in total. The number of amides is 1. The molecule has 0 bridgehead atoms. The SMILES string of the molecule is CNc1ccc(S(=O)(=O)NCC(=O)OC(C)C(=O)Nc2ccccc2)cc1[N+](=O)[O-]. The molecule has 0 heterocycles. The normalized spacial score (nSPS) is 11.9. The van der Waals surface area contributed by atoms with Crippen LogP contribution in [0.25, 0.3) is 0 Å². The number of benzene rings is 2. The molecule has 0 spiro atoms. The number of nitro benzene ring substituents is 1. The molecular formula is C18H20N4O7S. The number of ether oxygens (including phenoxy) is 1. The molecule has 30 heavy (non-hydrogen) atoms. The van der Waals surface area contributed by atoms with Gasteiger partial charge in [-0.05, 0) is 31.2 Å². The molecule has 160 valence electrons. The van der Waals surface area contributed by atoms with E-state index in [9.17, 15) is 28.1 Å². The molecule has 12 heteroatoms. The topological polar surface area (TPSA) is 157 Å². The highest BCUT2D eigenvalue weighted by Gasteiger charge is 2.23. The number of nitro groups is 1. The molecule has 1 unspecified atom stereocenters. The van der Waals surface area contributed by atoms with Gasteiger partial charge in [-0.3, -0.25) is 19.7 Å². The van der Waals surface area contributed by atoms with Crippen LogP contribution in [0.3, 0.4) is 0 Å². The van der Waals surface area contributed by atoms with Crippen molar-refractivity contribution >= 4 is 39.0 Å². The minimum atomic E-state index is -4.22. The first kappa shape index (κ1) is 22.8. The number of hydrogen-bond donors (Lipinski definition) is 3. The summed E-state index contributed by atoms with van der Waals surface area (Å²) in [6.07, 6.45) is -1.17. The summed E-state index contributed by atoms with van der Waals surface area (Å²) in [5.74, 6) is -1.58. The Morgan fingerprint density at radius 2 is 1.83 bits per heavy atom. The predicted octanol–water partition coefficient (Wildman–Crippen LogP) is 1.49. The Bertz CT molecular complexity index is 1040. The Morgan fingerprint density at radius 3 is 2.43 bits per heavy atom. The van der Waals surface area contributed by atoms with E-state index in [-0.39, 0.29) is 5.69 Å². The zero-order valence-corrected chi connectivity index (χ0v) is 16.9. The van der Waals surface area contributed by atoms with Gasteiger partial charge in [-0.25, -0.2) is 8.42 Å². The van der Waals surface area contributed by atoms with Crippen LogP contribution in [-0.2, 0) is 24.3 Å². The van der Waals surface area contributed by atoms with E-state index in [0.717, 1.165) is 12.1 Å². The molecule has 0 aliphatic carbocycles. The number of carbonyl (C=O) groups is 2. The van der Waals surface area contributed by atoms with Crippen molar-refractivity contribution in [1.29, 1.82) is 0 Å². The summed E-state index contributed by atoms with van der Waals surface area (Å²) in [7, 11) is -2.77. The van der Waals surface area contributed by atoms with Crippen molar-refractivity contribution in [2.45, 2.75) is 17.9 Å². The third kappa shape index (κ3) is 5.99. The predicted molar refractivity (Wildman–Crippen MR) is 108 cm³/mol. The second-order valence-electron chi connectivity index (χ2n) is 6.00. The third-order valence-corrected chi connectivity index (χ3v) is 5.27. The first-order valence-electron chi connectivity index (χ1n) is 8.65. The standard InChI is InChI=1S/C18H20N4O7S/c1-12(18(24)21-13-6-4-3-5-7-13)29-17(23)11-20-30(27,28)14-8-9-15(19-2)16(10-14)22(25)26/h3-10,12,19-20H,11H2,1-2H3,(H,21,24). The summed E-state index contributed by atoms with van der Waals surface area (Å²) < 4.78 is 31.6. The number of carbonyl (C=O) groups excluding carboxylic acids is 2. The molecule has 1 amide bonds. The maximum atomic E-state index is 12.3. The Balaban J connectivity index is 1.97. The molecule has 0 aliphatic rings. The highest BCUT2D eigenvalue weighted by molar-refractivity contribution is 7.89. The maximum Gasteiger partial charge on any atom is 0.321 e. The van der Waals surface area contributed by atoms with Gasteiger partial charge >= 0.3 is 5.97 Å². The lowest BCUT2D eigenvalue weighted by Crippen LogP contribution is -2.35. The van der Waals surface area contributed by atoms with Crippen molar-refractivity contribution in [1.82, 2.24) is 4.72 Å². The fourth-order valence-corrected chi connectivity index (χ4v) is 3.32. The monoisotopic (exact) mass is 436 g/mol. The van der Waals surface area contributed by atoms with Crippen LogP contribution in [-0.4, -0.2) is 44.9 Å². The number of nitrogens with one attached hydrogen (secondary N) is 3. The van der Waals surface area contributed by atoms with Crippen molar-refractivity contribution in [3.8, 4) is 0 Å². The van der Waals surface area contributed by atoms with E-state index in [2.05, 4.69) is 10.6 Å². The van der Waals surface area contributed by atoms with E-state index >= 15 is 0 Å². The molecule has 0 fully saturated rings. The van der Waals surface area contributed by atoms with E-state index in [1.807, 2.05) is 4.72 Å². The van der Waals surface area contributed by atoms with Crippen LogP contribution in [0.4, 0.5) is 17.1 Å². The largest absolute Gasteiger partial charge is 0.452 e. The minimum absolute atomic E-state index is 0.136. The Labute approximate surface area is 172 Å². The zero-order valence-electron chi connectivity index (χ0n) is 16.1. The Hall–Kier alpha value is -3.51. The van der Waals surface area contributed by atoms with Gasteiger partial charge in [-0.2, -0.15) is 4.72 Å². The van der Waals surface area contributed by atoms with Crippen LogP contribution >= 0.6 is 0 Å². The number of rotatable bonds is 9. The lowest BCUT2D eigenvalue weighted by atomic mass is 10.3. The molecule has 0 saturated carbocycles. The molecule has 0 saturated heterocycles. The Kier molecular flexibility index (Phi) is 7.44. The summed E-state index contributed by atoms with van der Waals surface area (Å²) in [4.78, 5) is 33.9. The molecular weight excluding hydrogens is 416 g/mol. The zero-order chi connectivity index (χ0) is 22.3. The van der Waals surface area contributed by atoms with Gasteiger partial charge in [0.1, 0.15) is 12.2 Å². The third-order valence-electron chi connectivity index (χ3n) is 3.87. The van der Waals surface area contributed by atoms with Gasteiger partial charge in [0.05, 0.1) is 9.82 Å². The van der Waals surface area contributed by atoms with Crippen LogP contribution in [0.1, 0.15) is 6.92 Å². The molecule has 2 aromatic carbocycles. The van der Waals surface area contributed by atoms with Gasteiger partial charge in [0.25, 0.3) is 11.6 Å². The van der Waals surface area contributed by atoms with E-state index < -0.39 is 50.1 Å². The quantitative estimate of drug-likeness (QED) is 0.303. The van der Waals surface area contributed by atoms with Gasteiger partial charge < -0.3 is 15.4 Å². The number of hydrogen-bond acceptors (Lipinski definition) is 8. The number of para-hydroxylation sites is 1. The van der Waals surface area contributed by atoms with Crippen molar-refractivity contribution in [3.63, 3.8) is 0 Å². The average Bonchev–Trinajstić information content (AvgIpc) is 2.72. The van der Waals surface area contributed by atoms with E-state index in [1.54, 1.807) is 30.3 Å². The van der Waals surface area contributed by atoms with Gasteiger partial charge in [0.15, 0.2) is 6.10 Å². The lowest BCUT2D eigenvalue weighted by Gasteiger charge is -2.14. The van der Waals surface area contributed by atoms with Crippen LogP contribution in [0.5, 0.6) is 0 Å². The molecule has 1 atom stereocenters. The molecule has 0 radical (unpaired) electrons. The fourth-order valence-electron chi connectivity index (χ4n) is 2.34. The number of nitrogens with zero attached hydrogens (tertiary/aromatic N) is 1. The van der Waals surface area contributed by atoms with Crippen LogP contribution in [0.15, 0.2) is 53.4 Å². The second-order valence-corrected chi connectivity index (χ2v) is 7.76. The summed E-state index contributed by atoms with van der Waals surface area (Å²) in [5.41, 5.74) is 0.212. The van der Waals surface area contributed by atoms with Gasteiger partial charge in [0, 0.05) is 18.8 Å². The van der Waals surface area contributed by atoms with E-state index in [0.29, 0.717) is 5.69 Å². The highest BCUT2D eigenvalue weighted by atomic mass is 32.2. The number of anilines is 2. The average molecular weight is 436 g/mol. The maximum absolute atomic E-state index is 12.3. The smallest absolute Gasteiger partial charge is 0.321 e. The first-order chi connectivity index (χ1) is 14.1. The lowest BCUT2D eigenvalue weighted by molar-refractivity contribution is -0.384. The van der Waals surface area contributed by atoms with Crippen LogP contribution in [0, 0.1) is 10.1 Å². The molecule has 0 aromatic heterocycles. The molecule has 11 nitrogen and oxygen atoms in total. The Morgan fingerprint density at radius 1 is 1.17 bits per heavy atom. The fraction of sp³-hybridized carbons (Fsp3) is 0.222. The van der Waals surface area contributed by atoms with Crippen molar-refractivity contribution in [3.05, 3.63) is 58.6 Å². The van der Waals surface area contributed by atoms with Gasteiger partial charge in [-0.15, -0.1) is 0 Å². The second kappa shape index (κ2) is 9.80. The highest BCUT2D eigenvalue weighted by Crippen LogP contribution is 2.26. The minimum Gasteiger partial charge on any atom is -0.452 e. The van der Waals surface area contributed by atoms with Crippen molar-refractivity contribution in [2.75, 3.05) is 24.2 Å². The first-order valence-corrected chi connectivity index (χ1v) is 10.1. The number of sulfonamides is 1. The molecule has 2 aromatic rings. The van der Waals surface area contributed by atoms with E-state index in [1.165, 1.54) is 20.0 Å².